The van der Waals surface area contributed by atoms with Gasteiger partial charge in [0.15, 0.2) is 0 Å². The molecule has 1 aliphatic carbocycles. The van der Waals surface area contributed by atoms with E-state index >= 15 is 0 Å². The van der Waals surface area contributed by atoms with Gasteiger partial charge >= 0.3 is 6.03 Å². The van der Waals surface area contributed by atoms with Gasteiger partial charge in [-0.2, -0.15) is 0 Å². The lowest BCUT2D eigenvalue weighted by molar-refractivity contribution is 0.223. The third-order valence-corrected chi connectivity index (χ3v) is 6.57. The molecule has 1 saturated heterocycles. The van der Waals surface area contributed by atoms with Gasteiger partial charge in [0.25, 0.3) is 0 Å². The number of nitrogens with one attached hydrogen (secondary N) is 3. The number of halogens is 2. The minimum Gasteiger partial charge on any atom is -0.337 e. The minimum atomic E-state index is -0.251. The summed E-state index contributed by atoms with van der Waals surface area (Å²) in [5.74, 6) is 0. The summed E-state index contributed by atoms with van der Waals surface area (Å²) in [6.07, 6.45) is 12.2. The van der Waals surface area contributed by atoms with Gasteiger partial charge in [0.1, 0.15) is 0 Å². The van der Waals surface area contributed by atoms with Crippen molar-refractivity contribution in [3.63, 3.8) is 0 Å². The molecule has 2 aromatic rings. The van der Waals surface area contributed by atoms with Gasteiger partial charge in [-0.05, 0) is 74.2 Å². The standard InChI is InChI=1S/C24H26Cl2N4O/c25-20-12-21(26)14-22(13-20)30-23(31)29-16-24(7-10-27-11-8-24)19-5-3-17(4-6-19)18-2-1-9-28-15-18/h1-3,5,9,12-15,27H,4,6-8,10-11,16H2,(H2,29,30,31). The summed E-state index contributed by atoms with van der Waals surface area (Å²) in [5, 5.41) is 10.3. The lowest BCUT2D eigenvalue weighted by Gasteiger charge is -2.41. The molecule has 2 amide bonds. The van der Waals surface area contributed by atoms with Crippen LogP contribution in [0.4, 0.5) is 10.5 Å². The molecule has 0 unspecified atom stereocenters. The highest BCUT2D eigenvalue weighted by Crippen LogP contribution is 2.42. The fourth-order valence-electron chi connectivity index (χ4n) is 4.44. The number of amides is 2. The smallest absolute Gasteiger partial charge is 0.319 e. The maximum atomic E-state index is 12.6. The van der Waals surface area contributed by atoms with Crippen molar-refractivity contribution < 1.29 is 4.79 Å². The molecule has 1 aliphatic heterocycles. The van der Waals surface area contributed by atoms with Gasteiger partial charge in [-0.3, -0.25) is 4.98 Å². The summed E-state index contributed by atoms with van der Waals surface area (Å²) < 4.78 is 0. The van der Waals surface area contributed by atoms with Crippen LogP contribution in [0, 0.1) is 5.41 Å². The van der Waals surface area contributed by atoms with Crippen molar-refractivity contribution >= 4 is 40.5 Å². The van der Waals surface area contributed by atoms with Crippen LogP contribution in [0.3, 0.4) is 0 Å². The molecule has 0 bridgehead atoms. The summed E-state index contributed by atoms with van der Waals surface area (Å²) in [5.41, 5.74) is 4.44. The van der Waals surface area contributed by atoms with Crippen LogP contribution in [0.25, 0.3) is 5.57 Å². The van der Waals surface area contributed by atoms with Crippen LogP contribution in [0.2, 0.25) is 10.0 Å². The fourth-order valence-corrected chi connectivity index (χ4v) is 4.97. The topological polar surface area (TPSA) is 66.0 Å². The van der Waals surface area contributed by atoms with Crippen molar-refractivity contribution in [2.24, 2.45) is 5.41 Å². The highest BCUT2D eigenvalue weighted by atomic mass is 35.5. The molecule has 31 heavy (non-hydrogen) atoms. The molecule has 0 spiro atoms. The highest BCUT2D eigenvalue weighted by molar-refractivity contribution is 6.35. The monoisotopic (exact) mass is 456 g/mol. The zero-order valence-corrected chi connectivity index (χ0v) is 18.8. The van der Waals surface area contributed by atoms with Crippen molar-refractivity contribution in [1.82, 2.24) is 15.6 Å². The zero-order chi connectivity index (χ0) is 21.7. The number of rotatable bonds is 5. The highest BCUT2D eigenvalue weighted by Gasteiger charge is 2.36. The van der Waals surface area contributed by atoms with E-state index in [1.807, 2.05) is 12.3 Å². The summed E-state index contributed by atoms with van der Waals surface area (Å²) in [6, 6.07) is 8.83. The lowest BCUT2D eigenvalue weighted by atomic mass is 9.69. The Labute approximate surface area is 192 Å². The second-order valence-corrected chi connectivity index (χ2v) is 8.99. The van der Waals surface area contributed by atoms with Gasteiger partial charge in [-0.25, -0.2) is 4.79 Å². The zero-order valence-electron chi connectivity index (χ0n) is 17.3. The number of hydrogen-bond acceptors (Lipinski definition) is 3. The predicted molar refractivity (Wildman–Crippen MR) is 128 cm³/mol. The molecule has 0 radical (unpaired) electrons. The van der Waals surface area contributed by atoms with Gasteiger partial charge in [-0.15, -0.1) is 0 Å². The Balaban J connectivity index is 1.46. The predicted octanol–water partition coefficient (Wildman–Crippen LogP) is 5.68. The molecule has 1 aromatic heterocycles. The first-order chi connectivity index (χ1) is 15.0. The average Bonchev–Trinajstić information content (AvgIpc) is 2.78. The molecule has 162 valence electrons. The van der Waals surface area contributed by atoms with E-state index < -0.39 is 0 Å². The molecule has 1 aromatic carbocycles. The second-order valence-electron chi connectivity index (χ2n) is 8.12. The normalized spacial score (nSPS) is 18.0. The second kappa shape index (κ2) is 9.86. The van der Waals surface area contributed by atoms with E-state index in [1.165, 1.54) is 16.7 Å². The van der Waals surface area contributed by atoms with Crippen LogP contribution in [0.1, 0.15) is 31.2 Å². The third-order valence-electron chi connectivity index (χ3n) is 6.13. The molecule has 5 nitrogen and oxygen atoms in total. The minimum absolute atomic E-state index is 0.0362. The first kappa shape index (κ1) is 21.9. The quantitative estimate of drug-likeness (QED) is 0.541. The van der Waals surface area contributed by atoms with Gasteiger partial charge in [0, 0.05) is 40.1 Å². The molecule has 2 aliphatic rings. The van der Waals surface area contributed by atoms with E-state index in [0.717, 1.165) is 38.8 Å². The number of carbonyl (C=O) groups excluding carboxylic acids is 1. The van der Waals surface area contributed by atoms with Gasteiger partial charge < -0.3 is 16.0 Å². The lowest BCUT2D eigenvalue weighted by Crippen LogP contribution is -2.46. The summed E-state index contributed by atoms with van der Waals surface area (Å²) in [7, 11) is 0. The number of aromatic nitrogens is 1. The number of piperidine rings is 1. The Morgan fingerprint density at radius 3 is 2.52 bits per heavy atom. The van der Waals surface area contributed by atoms with Gasteiger partial charge in [0.2, 0.25) is 0 Å². The Hall–Kier alpha value is -2.34. The number of hydrogen-bond donors (Lipinski definition) is 3. The first-order valence-electron chi connectivity index (χ1n) is 10.6. The average molecular weight is 457 g/mol. The van der Waals surface area contributed by atoms with Crippen LogP contribution in [-0.4, -0.2) is 30.6 Å². The molecule has 0 saturated carbocycles. The van der Waals surface area contributed by atoms with Crippen LogP contribution < -0.4 is 16.0 Å². The number of carbonyl (C=O) groups is 1. The molecule has 0 atom stereocenters. The van der Waals surface area contributed by atoms with Crippen LogP contribution >= 0.6 is 23.2 Å². The molecule has 1 fully saturated rings. The number of benzene rings is 1. The van der Waals surface area contributed by atoms with E-state index in [0.29, 0.717) is 22.3 Å². The number of urea groups is 1. The SMILES string of the molecule is O=C(NCC1(C2=CC=C(c3cccnc3)CC2)CCNCC1)Nc1cc(Cl)cc(Cl)c1. The molecule has 3 N–H and O–H groups in total. The summed E-state index contributed by atoms with van der Waals surface area (Å²) in [6.45, 7) is 2.49. The molecular weight excluding hydrogens is 431 g/mol. The van der Waals surface area contributed by atoms with Crippen LogP contribution in [0.15, 0.2) is 60.5 Å². The molecule has 4 rings (SSSR count). The number of allylic oxidation sites excluding steroid dienone is 3. The van der Waals surface area contributed by atoms with Crippen molar-refractivity contribution in [2.75, 3.05) is 25.0 Å². The van der Waals surface area contributed by atoms with E-state index in [9.17, 15) is 4.79 Å². The van der Waals surface area contributed by atoms with E-state index in [1.54, 1.807) is 24.4 Å². The summed E-state index contributed by atoms with van der Waals surface area (Å²) >= 11 is 12.1. The Morgan fingerprint density at radius 1 is 1.10 bits per heavy atom. The maximum absolute atomic E-state index is 12.6. The maximum Gasteiger partial charge on any atom is 0.319 e. The summed E-state index contributed by atoms with van der Waals surface area (Å²) in [4.78, 5) is 16.8. The van der Waals surface area contributed by atoms with Crippen molar-refractivity contribution in [1.29, 1.82) is 0 Å². The van der Waals surface area contributed by atoms with Crippen LogP contribution in [-0.2, 0) is 0 Å². The first-order valence-corrected chi connectivity index (χ1v) is 11.3. The van der Waals surface area contributed by atoms with Gasteiger partial charge in [-0.1, -0.05) is 47.0 Å². The number of anilines is 1. The van der Waals surface area contributed by atoms with Crippen molar-refractivity contribution in [2.45, 2.75) is 25.7 Å². The molecular formula is C24H26Cl2N4O. The van der Waals surface area contributed by atoms with E-state index in [2.05, 4.69) is 39.2 Å². The number of pyridine rings is 1. The number of nitrogens with zero attached hydrogens (tertiary/aromatic N) is 1. The van der Waals surface area contributed by atoms with E-state index in [-0.39, 0.29) is 11.4 Å². The third kappa shape index (κ3) is 5.48. The Bertz CT molecular complexity index is 978. The molecule has 2 heterocycles. The van der Waals surface area contributed by atoms with Gasteiger partial charge in [0.05, 0.1) is 0 Å². The Morgan fingerprint density at radius 2 is 1.87 bits per heavy atom. The van der Waals surface area contributed by atoms with Crippen LogP contribution in [0.5, 0.6) is 0 Å². The van der Waals surface area contributed by atoms with Crippen molar-refractivity contribution in [3.8, 4) is 0 Å². The van der Waals surface area contributed by atoms with E-state index in [4.69, 9.17) is 23.2 Å². The fraction of sp³-hybridized carbons (Fsp3) is 0.333. The molecule has 7 heteroatoms. The van der Waals surface area contributed by atoms with Crippen molar-refractivity contribution in [3.05, 3.63) is 76.1 Å². The Kier molecular flexibility index (Phi) is 6.96. The largest absolute Gasteiger partial charge is 0.337 e.